The van der Waals surface area contributed by atoms with Crippen LogP contribution in [0.1, 0.15) is 30.9 Å². The number of benzene rings is 1. The summed E-state index contributed by atoms with van der Waals surface area (Å²) in [5.74, 6) is 1.78. The van der Waals surface area contributed by atoms with Gasteiger partial charge in [0, 0.05) is 11.5 Å². The normalized spacial score (nSPS) is 21.5. The lowest BCUT2D eigenvalue weighted by Gasteiger charge is -2.13. The van der Waals surface area contributed by atoms with Crippen molar-refractivity contribution in [1.29, 1.82) is 0 Å². The Morgan fingerprint density at radius 2 is 1.83 bits per heavy atom. The molecule has 2 N–H and O–H groups in total. The van der Waals surface area contributed by atoms with Crippen LogP contribution >= 0.6 is 0 Å². The van der Waals surface area contributed by atoms with E-state index in [4.69, 9.17) is 15.2 Å². The first-order valence-electron chi connectivity index (χ1n) is 6.73. The van der Waals surface area contributed by atoms with Gasteiger partial charge in [0.2, 0.25) is 0 Å². The molecule has 18 heavy (non-hydrogen) atoms. The van der Waals surface area contributed by atoms with Gasteiger partial charge in [0.15, 0.2) is 11.5 Å². The number of hydrogen-bond donors (Lipinski definition) is 1. The highest BCUT2D eigenvalue weighted by molar-refractivity contribution is 5.48. The van der Waals surface area contributed by atoms with Crippen LogP contribution in [0.25, 0.3) is 0 Å². The quantitative estimate of drug-likeness (QED) is 0.873. The first kappa shape index (κ1) is 11.8. The standard InChI is InChI=1S/C15H21NO2/c1-10-5-13-14(7-12(10)6-11(2)16)18-9-15(3-4-15)8-17-13/h5,7,11H,3-4,6,8-9,16H2,1-2H3. The van der Waals surface area contributed by atoms with E-state index >= 15 is 0 Å². The Labute approximate surface area is 108 Å². The van der Waals surface area contributed by atoms with Crippen molar-refractivity contribution >= 4 is 0 Å². The third-order valence-corrected chi connectivity index (χ3v) is 3.97. The van der Waals surface area contributed by atoms with E-state index < -0.39 is 0 Å². The van der Waals surface area contributed by atoms with Crippen molar-refractivity contribution in [2.24, 2.45) is 11.1 Å². The molecule has 3 rings (SSSR count). The highest BCUT2D eigenvalue weighted by atomic mass is 16.5. The van der Waals surface area contributed by atoms with E-state index in [1.165, 1.54) is 24.0 Å². The summed E-state index contributed by atoms with van der Waals surface area (Å²) in [5, 5.41) is 0. The highest BCUT2D eigenvalue weighted by Crippen LogP contribution is 2.49. The molecule has 1 aliphatic carbocycles. The molecular formula is C15H21NO2. The molecule has 2 aliphatic rings. The van der Waals surface area contributed by atoms with E-state index in [1.807, 2.05) is 6.92 Å². The fourth-order valence-corrected chi connectivity index (χ4v) is 2.46. The van der Waals surface area contributed by atoms with Gasteiger partial charge in [-0.15, -0.1) is 0 Å². The van der Waals surface area contributed by atoms with Gasteiger partial charge in [0.05, 0.1) is 13.2 Å². The van der Waals surface area contributed by atoms with Crippen LogP contribution in [-0.2, 0) is 6.42 Å². The number of hydrogen-bond acceptors (Lipinski definition) is 3. The minimum absolute atomic E-state index is 0.170. The summed E-state index contributed by atoms with van der Waals surface area (Å²) >= 11 is 0. The molecule has 1 saturated carbocycles. The summed E-state index contributed by atoms with van der Waals surface area (Å²) in [4.78, 5) is 0. The van der Waals surface area contributed by atoms with Gasteiger partial charge < -0.3 is 15.2 Å². The van der Waals surface area contributed by atoms with E-state index in [-0.39, 0.29) is 6.04 Å². The van der Waals surface area contributed by atoms with E-state index in [0.29, 0.717) is 5.41 Å². The van der Waals surface area contributed by atoms with Crippen molar-refractivity contribution in [3.8, 4) is 11.5 Å². The van der Waals surface area contributed by atoms with Crippen LogP contribution in [0, 0.1) is 12.3 Å². The molecule has 1 aliphatic heterocycles. The lowest BCUT2D eigenvalue weighted by molar-refractivity contribution is 0.197. The fraction of sp³-hybridized carbons (Fsp3) is 0.600. The minimum atomic E-state index is 0.170. The molecule has 0 saturated heterocycles. The van der Waals surface area contributed by atoms with Crippen molar-refractivity contribution in [3.05, 3.63) is 23.3 Å². The molecule has 1 unspecified atom stereocenters. The van der Waals surface area contributed by atoms with Gasteiger partial charge in [-0.05, 0) is 56.4 Å². The lowest BCUT2D eigenvalue weighted by Crippen LogP contribution is -2.18. The highest BCUT2D eigenvalue weighted by Gasteiger charge is 2.46. The van der Waals surface area contributed by atoms with Gasteiger partial charge in [-0.3, -0.25) is 0 Å². The molecule has 0 radical (unpaired) electrons. The lowest BCUT2D eigenvalue weighted by atomic mass is 10.0. The Balaban J connectivity index is 1.88. The van der Waals surface area contributed by atoms with Crippen molar-refractivity contribution < 1.29 is 9.47 Å². The Morgan fingerprint density at radius 3 is 2.39 bits per heavy atom. The summed E-state index contributed by atoms with van der Waals surface area (Å²) in [6.07, 6.45) is 3.34. The molecule has 3 nitrogen and oxygen atoms in total. The first-order valence-corrected chi connectivity index (χ1v) is 6.73. The molecule has 0 aromatic heterocycles. The molecule has 0 bridgehead atoms. The molecule has 1 spiro atoms. The van der Waals surface area contributed by atoms with Gasteiger partial charge in [-0.25, -0.2) is 0 Å². The van der Waals surface area contributed by atoms with Crippen LogP contribution in [0.4, 0.5) is 0 Å². The minimum Gasteiger partial charge on any atom is -0.489 e. The largest absolute Gasteiger partial charge is 0.489 e. The monoisotopic (exact) mass is 247 g/mol. The third-order valence-electron chi connectivity index (χ3n) is 3.97. The second kappa shape index (κ2) is 4.16. The van der Waals surface area contributed by atoms with Crippen molar-refractivity contribution in [1.82, 2.24) is 0 Å². The van der Waals surface area contributed by atoms with E-state index in [1.54, 1.807) is 0 Å². The number of nitrogens with two attached hydrogens (primary N) is 1. The SMILES string of the molecule is Cc1cc2c(cc1CC(C)N)OCC1(CC1)CO2. The van der Waals surface area contributed by atoms with Gasteiger partial charge >= 0.3 is 0 Å². The zero-order chi connectivity index (χ0) is 12.8. The summed E-state index contributed by atoms with van der Waals surface area (Å²) in [6.45, 7) is 5.73. The number of aryl methyl sites for hydroxylation is 1. The van der Waals surface area contributed by atoms with Crippen LogP contribution in [-0.4, -0.2) is 19.3 Å². The number of rotatable bonds is 2. The molecule has 1 atom stereocenters. The Bertz CT molecular complexity index is 464. The van der Waals surface area contributed by atoms with Crippen LogP contribution in [0.15, 0.2) is 12.1 Å². The molecule has 1 aromatic carbocycles. The van der Waals surface area contributed by atoms with Gasteiger partial charge in [-0.2, -0.15) is 0 Å². The maximum Gasteiger partial charge on any atom is 0.161 e. The Hall–Kier alpha value is -1.22. The number of ether oxygens (including phenoxy) is 2. The third kappa shape index (κ3) is 2.19. The fourth-order valence-electron chi connectivity index (χ4n) is 2.46. The maximum absolute atomic E-state index is 5.94. The van der Waals surface area contributed by atoms with Crippen LogP contribution < -0.4 is 15.2 Å². The summed E-state index contributed by atoms with van der Waals surface area (Å²) in [5.41, 5.74) is 8.68. The van der Waals surface area contributed by atoms with E-state index in [2.05, 4.69) is 19.1 Å². The summed E-state index contributed by atoms with van der Waals surface area (Å²) in [7, 11) is 0. The first-order chi connectivity index (χ1) is 8.58. The van der Waals surface area contributed by atoms with E-state index in [9.17, 15) is 0 Å². The predicted octanol–water partition coefficient (Wildman–Crippen LogP) is 2.44. The van der Waals surface area contributed by atoms with Crippen LogP contribution in [0.5, 0.6) is 11.5 Å². The van der Waals surface area contributed by atoms with Crippen molar-refractivity contribution in [2.75, 3.05) is 13.2 Å². The van der Waals surface area contributed by atoms with Gasteiger partial charge in [0.1, 0.15) is 0 Å². The zero-order valence-corrected chi connectivity index (χ0v) is 11.2. The molecule has 0 amide bonds. The average molecular weight is 247 g/mol. The van der Waals surface area contributed by atoms with Crippen LogP contribution in [0.2, 0.25) is 0 Å². The molecule has 98 valence electrons. The molecular weight excluding hydrogens is 226 g/mol. The second-order valence-electron chi connectivity index (χ2n) is 5.98. The summed E-state index contributed by atoms with van der Waals surface area (Å²) in [6, 6.07) is 4.37. The van der Waals surface area contributed by atoms with Gasteiger partial charge in [0.25, 0.3) is 0 Å². The van der Waals surface area contributed by atoms with Gasteiger partial charge in [-0.1, -0.05) is 0 Å². The molecule has 1 heterocycles. The van der Waals surface area contributed by atoms with Crippen LogP contribution in [0.3, 0.4) is 0 Å². The summed E-state index contributed by atoms with van der Waals surface area (Å²) < 4.78 is 11.8. The zero-order valence-electron chi connectivity index (χ0n) is 11.2. The van der Waals surface area contributed by atoms with Crippen molar-refractivity contribution in [2.45, 2.75) is 39.2 Å². The second-order valence-corrected chi connectivity index (χ2v) is 5.98. The smallest absolute Gasteiger partial charge is 0.161 e. The Kier molecular flexibility index (Phi) is 2.74. The molecule has 3 heteroatoms. The number of fused-ring (bicyclic) bond motifs is 1. The predicted molar refractivity (Wildman–Crippen MR) is 71.2 cm³/mol. The van der Waals surface area contributed by atoms with Crippen molar-refractivity contribution in [3.63, 3.8) is 0 Å². The van der Waals surface area contributed by atoms with E-state index in [0.717, 1.165) is 31.1 Å². The average Bonchev–Trinajstić information content (AvgIpc) is 3.09. The molecule has 1 fully saturated rings. The topological polar surface area (TPSA) is 44.5 Å². The maximum atomic E-state index is 5.94. The molecule has 1 aromatic rings. The Morgan fingerprint density at radius 1 is 1.22 bits per heavy atom.